The van der Waals surface area contributed by atoms with Crippen LogP contribution in [0.5, 0.6) is 17.2 Å². The quantitative estimate of drug-likeness (QED) is 0.433. The Bertz CT molecular complexity index is 797. The fraction of sp³-hybridized carbons (Fsp3) is 0.400. The minimum Gasteiger partial charge on any atom is -0.502 e. The summed E-state index contributed by atoms with van der Waals surface area (Å²) in [6.07, 6.45) is 6.79. The minimum atomic E-state index is -0.238. The van der Waals surface area contributed by atoms with Gasteiger partial charge in [0.2, 0.25) is 11.7 Å². The molecule has 0 aliphatic heterocycles. The summed E-state index contributed by atoms with van der Waals surface area (Å²) in [4.78, 5) is 12.2. The molecular formula is C25H33NO4. The van der Waals surface area contributed by atoms with Crippen LogP contribution in [0.2, 0.25) is 0 Å². The summed E-state index contributed by atoms with van der Waals surface area (Å²) in [7, 11) is 0. The first-order valence-corrected chi connectivity index (χ1v) is 10.7. The number of amides is 1. The lowest BCUT2D eigenvalue weighted by Gasteiger charge is -2.20. The average Bonchev–Trinajstić information content (AvgIpc) is 2.70. The number of carbonyl (C=O) groups excluding carboxylic acids is 1. The molecule has 0 aromatic heterocycles. The Balaban J connectivity index is 2.24. The molecule has 0 aliphatic rings. The fourth-order valence-electron chi connectivity index (χ4n) is 3.12. The second-order valence-electron chi connectivity index (χ2n) is 7.49. The molecule has 0 spiro atoms. The van der Waals surface area contributed by atoms with Crippen LogP contribution in [0.4, 0.5) is 5.69 Å². The first-order valence-electron chi connectivity index (χ1n) is 10.7. The van der Waals surface area contributed by atoms with Crippen molar-refractivity contribution in [3.63, 3.8) is 0 Å². The maximum atomic E-state index is 12.2. The van der Waals surface area contributed by atoms with Gasteiger partial charge in [0.05, 0.1) is 12.2 Å². The van der Waals surface area contributed by atoms with E-state index < -0.39 is 0 Å². The Kier molecular flexibility index (Phi) is 9.26. The molecule has 2 aromatic rings. The maximum Gasteiger partial charge on any atom is 0.248 e. The van der Waals surface area contributed by atoms with Crippen molar-refractivity contribution in [2.45, 2.75) is 65.6 Å². The van der Waals surface area contributed by atoms with E-state index in [1.807, 2.05) is 44.2 Å². The molecule has 2 unspecified atom stereocenters. The van der Waals surface area contributed by atoms with E-state index in [0.717, 1.165) is 31.4 Å². The van der Waals surface area contributed by atoms with Crippen LogP contribution in [0.25, 0.3) is 6.08 Å². The van der Waals surface area contributed by atoms with E-state index in [1.165, 1.54) is 6.08 Å². The minimum absolute atomic E-state index is 0.00760. The van der Waals surface area contributed by atoms with Crippen LogP contribution in [0.1, 0.15) is 58.9 Å². The molecule has 5 heteroatoms. The number of ether oxygens (including phenoxy) is 2. The third-order valence-electron chi connectivity index (χ3n) is 4.58. The van der Waals surface area contributed by atoms with E-state index in [4.69, 9.17) is 9.47 Å². The molecule has 0 bridgehead atoms. The van der Waals surface area contributed by atoms with Gasteiger partial charge in [-0.2, -0.15) is 0 Å². The van der Waals surface area contributed by atoms with Crippen LogP contribution < -0.4 is 14.8 Å². The van der Waals surface area contributed by atoms with E-state index >= 15 is 0 Å². The number of phenols is 1. The second-order valence-corrected chi connectivity index (χ2v) is 7.49. The Morgan fingerprint density at radius 2 is 1.53 bits per heavy atom. The highest BCUT2D eigenvalue weighted by atomic mass is 16.5. The van der Waals surface area contributed by atoms with Crippen LogP contribution >= 0.6 is 0 Å². The summed E-state index contributed by atoms with van der Waals surface area (Å²) in [5, 5.41) is 13.5. The van der Waals surface area contributed by atoms with Gasteiger partial charge >= 0.3 is 0 Å². The molecule has 30 heavy (non-hydrogen) atoms. The summed E-state index contributed by atoms with van der Waals surface area (Å²) in [6.45, 7) is 8.12. The smallest absolute Gasteiger partial charge is 0.248 e. The summed E-state index contributed by atoms with van der Waals surface area (Å²) in [5.74, 6) is 0.477. The van der Waals surface area contributed by atoms with E-state index in [0.29, 0.717) is 17.1 Å². The number of para-hydroxylation sites is 1. The molecule has 5 nitrogen and oxygen atoms in total. The Morgan fingerprint density at radius 1 is 1.00 bits per heavy atom. The number of carbonyl (C=O) groups is 1. The number of hydrogen-bond acceptors (Lipinski definition) is 4. The van der Waals surface area contributed by atoms with Gasteiger partial charge in [-0.25, -0.2) is 0 Å². The van der Waals surface area contributed by atoms with Crippen LogP contribution in [0, 0.1) is 0 Å². The SMILES string of the molecule is CCCC(C)Oc1cc(C=CC(=O)Nc2ccccc2)cc(OC(C)CCC)c1O. The highest BCUT2D eigenvalue weighted by Crippen LogP contribution is 2.39. The fourth-order valence-corrected chi connectivity index (χ4v) is 3.12. The van der Waals surface area contributed by atoms with Gasteiger partial charge in [-0.3, -0.25) is 4.79 Å². The van der Waals surface area contributed by atoms with Crippen molar-refractivity contribution >= 4 is 17.7 Å². The zero-order valence-corrected chi connectivity index (χ0v) is 18.4. The van der Waals surface area contributed by atoms with Gasteiger partial charge in [-0.1, -0.05) is 44.9 Å². The molecule has 0 fully saturated rings. The largest absolute Gasteiger partial charge is 0.502 e. The van der Waals surface area contributed by atoms with E-state index in [9.17, 15) is 9.90 Å². The first kappa shape index (κ1) is 23.3. The lowest BCUT2D eigenvalue weighted by Crippen LogP contribution is -2.13. The van der Waals surface area contributed by atoms with Gasteiger partial charge in [-0.05, 0) is 62.6 Å². The molecule has 2 aromatic carbocycles. The predicted octanol–water partition coefficient (Wildman–Crippen LogP) is 6.18. The Hall–Kier alpha value is -2.95. The van der Waals surface area contributed by atoms with Gasteiger partial charge < -0.3 is 19.9 Å². The number of aromatic hydroxyl groups is 1. The lowest BCUT2D eigenvalue weighted by atomic mass is 10.1. The summed E-state index contributed by atoms with van der Waals surface area (Å²) < 4.78 is 11.9. The molecule has 0 heterocycles. The number of phenolic OH excluding ortho intramolecular Hbond substituents is 1. The van der Waals surface area contributed by atoms with Crippen LogP contribution in [-0.2, 0) is 4.79 Å². The van der Waals surface area contributed by atoms with Crippen LogP contribution in [0.3, 0.4) is 0 Å². The zero-order chi connectivity index (χ0) is 21.9. The number of rotatable bonds is 11. The number of nitrogens with one attached hydrogen (secondary N) is 1. The lowest BCUT2D eigenvalue weighted by molar-refractivity contribution is -0.111. The molecule has 0 radical (unpaired) electrons. The average molecular weight is 412 g/mol. The molecule has 1 amide bonds. The normalized spacial score (nSPS) is 13.1. The standard InChI is InChI=1S/C25H33NO4/c1-5-10-18(3)29-22-16-20(17-23(25(22)28)30-19(4)11-6-2)14-15-24(27)26-21-12-8-7-9-13-21/h7-9,12-19,28H,5-6,10-11H2,1-4H3,(H,26,27). The molecular weight excluding hydrogens is 378 g/mol. The van der Waals surface area contributed by atoms with Gasteiger partial charge in [-0.15, -0.1) is 0 Å². The molecule has 2 N–H and O–H groups in total. The zero-order valence-electron chi connectivity index (χ0n) is 18.4. The van der Waals surface area contributed by atoms with Crippen molar-refractivity contribution in [2.75, 3.05) is 5.32 Å². The van der Waals surface area contributed by atoms with Gasteiger partial charge in [0.1, 0.15) is 0 Å². The van der Waals surface area contributed by atoms with Gasteiger partial charge in [0.25, 0.3) is 0 Å². The number of benzene rings is 2. The summed E-state index contributed by atoms with van der Waals surface area (Å²) in [6, 6.07) is 12.7. The molecule has 0 saturated carbocycles. The number of anilines is 1. The van der Waals surface area contributed by atoms with Crippen molar-refractivity contribution in [2.24, 2.45) is 0 Å². The maximum absolute atomic E-state index is 12.2. The molecule has 2 atom stereocenters. The summed E-state index contributed by atoms with van der Waals surface area (Å²) >= 11 is 0. The van der Waals surface area contributed by atoms with Crippen molar-refractivity contribution < 1.29 is 19.4 Å². The van der Waals surface area contributed by atoms with E-state index in [2.05, 4.69) is 19.2 Å². The first-order chi connectivity index (χ1) is 14.4. The highest BCUT2D eigenvalue weighted by molar-refractivity contribution is 6.01. The molecule has 0 aliphatic carbocycles. The molecule has 2 rings (SSSR count). The topological polar surface area (TPSA) is 67.8 Å². The van der Waals surface area contributed by atoms with Crippen molar-refractivity contribution in [1.29, 1.82) is 0 Å². The summed E-state index contributed by atoms with van der Waals surface area (Å²) in [5.41, 5.74) is 1.45. The molecule has 0 saturated heterocycles. The van der Waals surface area contributed by atoms with Gasteiger partial charge in [0.15, 0.2) is 11.5 Å². The Morgan fingerprint density at radius 3 is 2.03 bits per heavy atom. The van der Waals surface area contributed by atoms with E-state index in [1.54, 1.807) is 18.2 Å². The van der Waals surface area contributed by atoms with Crippen molar-refractivity contribution in [3.05, 3.63) is 54.1 Å². The Labute approximate surface area is 179 Å². The highest BCUT2D eigenvalue weighted by Gasteiger charge is 2.16. The van der Waals surface area contributed by atoms with Gasteiger partial charge in [0, 0.05) is 11.8 Å². The molecule has 162 valence electrons. The van der Waals surface area contributed by atoms with E-state index in [-0.39, 0.29) is 23.9 Å². The van der Waals surface area contributed by atoms with Crippen LogP contribution in [0.15, 0.2) is 48.5 Å². The third-order valence-corrected chi connectivity index (χ3v) is 4.58. The predicted molar refractivity (Wildman–Crippen MR) is 122 cm³/mol. The third kappa shape index (κ3) is 7.47. The van der Waals surface area contributed by atoms with Crippen molar-refractivity contribution in [3.8, 4) is 17.2 Å². The number of hydrogen-bond donors (Lipinski definition) is 2. The second kappa shape index (κ2) is 11.9. The van der Waals surface area contributed by atoms with Crippen LogP contribution in [-0.4, -0.2) is 23.2 Å². The monoisotopic (exact) mass is 411 g/mol. The van der Waals surface area contributed by atoms with Crippen molar-refractivity contribution in [1.82, 2.24) is 0 Å².